The fraction of sp³-hybridized carbons (Fsp3) is 0. The Hall–Kier alpha value is -5.94. The average Bonchev–Trinajstić information content (AvgIpc) is 3.56. The van der Waals surface area contributed by atoms with Crippen molar-refractivity contribution < 1.29 is 0 Å². The van der Waals surface area contributed by atoms with Gasteiger partial charge in [0.25, 0.3) is 0 Å². The van der Waals surface area contributed by atoms with Crippen LogP contribution in [0.5, 0.6) is 0 Å². The summed E-state index contributed by atoms with van der Waals surface area (Å²) in [4.78, 5) is 10.1. The molecule has 8 aromatic carbocycles. The number of pyridine rings is 1. The molecule has 1 aliphatic rings. The van der Waals surface area contributed by atoms with Crippen molar-refractivity contribution in [3.8, 4) is 22.5 Å². The number of hydrogen-bond donors (Lipinski definition) is 0. The number of aromatic nitrogens is 1. The van der Waals surface area contributed by atoms with Gasteiger partial charge in [0, 0.05) is 46.8 Å². The molecule has 0 N–H and O–H groups in total. The molecule has 2 nitrogen and oxygen atoms in total. The minimum atomic E-state index is 0.966. The molecule has 0 spiro atoms. The highest BCUT2D eigenvalue weighted by atomic mass is 32.2. The predicted molar refractivity (Wildman–Crippen MR) is 219 cm³/mol. The van der Waals surface area contributed by atoms with E-state index in [1.54, 1.807) is 0 Å². The van der Waals surface area contributed by atoms with Gasteiger partial charge in [0.1, 0.15) is 0 Å². The van der Waals surface area contributed by atoms with Crippen molar-refractivity contribution in [2.75, 3.05) is 4.90 Å². The minimum absolute atomic E-state index is 0.966. The van der Waals surface area contributed by atoms with Crippen molar-refractivity contribution in [1.82, 2.24) is 4.98 Å². The molecule has 0 bridgehead atoms. The van der Waals surface area contributed by atoms with E-state index in [1.165, 1.54) is 73.7 Å². The van der Waals surface area contributed by atoms with Crippen molar-refractivity contribution in [3.63, 3.8) is 0 Å². The molecule has 0 saturated carbocycles. The average molecular weight is 685 g/mol. The number of fused-ring (bicyclic) bond motifs is 11. The van der Waals surface area contributed by atoms with Gasteiger partial charge in [-0.05, 0) is 105 Å². The molecule has 0 atom stereocenters. The van der Waals surface area contributed by atoms with Crippen LogP contribution in [0.3, 0.4) is 0 Å². The second-order valence-corrected chi connectivity index (χ2v) is 15.3. The van der Waals surface area contributed by atoms with Gasteiger partial charge in [-0.15, -0.1) is 11.3 Å². The predicted octanol–water partition coefficient (Wildman–Crippen LogP) is 14.2. The maximum atomic E-state index is 5.21. The summed E-state index contributed by atoms with van der Waals surface area (Å²) in [6, 6.07) is 61.8. The molecular formula is C47H28N2S2. The van der Waals surface area contributed by atoms with Crippen LogP contribution in [0.4, 0.5) is 17.1 Å². The van der Waals surface area contributed by atoms with E-state index in [9.17, 15) is 0 Å². The molecule has 0 aliphatic carbocycles. The zero-order valence-electron chi connectivity index (χ0n) is 27.4. The first-order chi connectivity index (χ1) is 25.3. The molecule has 0 radical (unpaired) electrons. The molecule has 2 aromatic heterocycles. The molecule has 4 heteroatoms. The van der Waals surface area contributed by atoms with Crippen LogP contribution in [-0.4, -0.2) is 4.98 Å². The van der Waals surface area contributed by atoms with E-state index < -0.39 is 0 Å². The Bertz CT molecular complexity index is 2970. The third-order valence-electron chi connectivity index (χ3n) is 10.2. The summed E-state index contributed by atoms with van der Waals surface area (Å²) in [6.45, 7) is 0. The van der Waals surface area contributed by atoms with Crippen LogP contribution in [0.15, 0.2) is 180 Å². The van der Waals surface area contributed by atoms with E-state index in [0.29, 0.717) is 0 Å². The van der Waals surface area contributed by atoms with Crippen LogP contribution in [-0.2, 0) is 0 Å². The van der Waals surface area contributed by atoms with Gasteiger partial charge in [-0.2, -0.15) is 0 Å². The van der Waals surface area contributed by atoms with Gasteiger partial charge in [0.15, 0.2) is 0 Å². The second kappa shape index (κ2) is 11.3. The Kier molecular flexibility index (Phi) is 6.39. The fourth-order valence-corrected chi connectivity index (χ4v) is 10.0. The smallest absolute Gasteiger partial charge is 0.0709 e. The van der Waals surface area contributed by atoms with Crippen LogP contribution in [0.1, 0.15) is 0 Å². The lowest BCUT2D eigenvalue weighted by atomic mass is 9.93. The van der Waals surface area contributed by atoms with Crippen molar-refractivity contribution in [1.29, 1.82) is 0 Å². The third-order valence-corrected chi connectivity index (χ3v) is 12.5. The number of rotatable bonds is 3. The highest BCUT2D eigenvalue weighted by Gasteiger charge is 2.24. The quantitative estimate of drug-likeness (QED) is 0.172. The SMILES string of the molecule is c1cc(-c2ccc(N3c4ccccc4Sc4ccccc43)cc2)nc(-c2ccc3sc4cc5c6ccccc6c6ccccc6c5cc4c3c2)c1. The van der Waals surface area contributed by atoms with Crippen LogP contribution in [0.25, 0.3) is 75.0 Å². The molecule has 1 aliphatic heterocycles. The molecule has 0 saturated heterocycles. The molecular weight excluding hydrogens is 657 g/mol. The maximum Gasteiger partial charge on any atom is 0.0709 e. The van der Waals surface area contributed by atoms with Gasteiger partial charge in [0.05, 0.1) is 22.8 Å². The topological polar surface area (TPSA) is 16.1 Å². The summed E-state index contributed by atoms with van der Waals surface area (Å²) in [5.41, 5.74) is 7.72. The number of hydrogen-bond acceptors (Lipinski definition) is 4. The first kappa shape index (κ1) is 28.9. The maximum absolute atomic E-state index is 5.21. The Morgan fingerprint density at radius 2 is 0.902 bits per heavy atom. The van der Waals surface area contributed by atoms with E-state index in [4.69, 9.17) is 4.98 Å². The Morgan fingerprint density at radius 1 is 0.373 bits per heavy atom. The van der Waals surface area contributed by atoms with Gasteiger partial charge in [0.2, 0.25) is 0 Å². The lowest BCUT2D eigenvalue weighted by Gasteiger charge is -2.32. The largest absolute Gasteiger partial charge is 0.308 e. The number of para-hydroxylation sites is 2. The summed E-state index contributed by atoms with van der Waals surface area (Å²) >= 11 is 3.71. The van der Waals surface area contributed by atoms with Gasteiger partial charge in [-0.25, -0.2) is 4.98 Å². The lowest BCUT2D eigenvalue weighted by molar-refractivity contribution is 1.17. The zero-order chi connectivity index (χ0) is 33.5. The van der Waals surface area contributed by atoms with Crippen molar-refractivity contribution in [2.45, 2.75) is 9.79 Å². The van der Waals surface area contributed by atoms with Gasteiger partial charge in [-0.1, -0.05) is 109 Å². The summed E-state index contributed by atoms with van der Waals surface area (Å²) in [5, 5.41) is 10.4. The van der Waals surface area contributed by atoms with Crippen LogP contribution >= 0.6 is 23.1 Å². The fourth-order valence-electron chi connectivity index (χ4n) is 7.85. The number of nitrogens with zero attached hydrogens (tertiary/aromatic N) is 2. The molecule has 3 heterocycles. The Labute approximate surface area is 303 Å². The van der Waals surface area contributed by atoms with Crippen molar-refractivity contribution >= 4 is 92.7 Å². The standard InChI is InChI=1S/C47H28N2S2/c1-3-12-34-32(10-1)33-11-2-4-13-35(33)37-28-47-39(27-36(34)37)38-26-30(22-25-44(38)50-47)41-15-9-14-40(48-41)29-20-23-31(24-21-29)49-42-16-5-7-18-45(42)51-46-19-8-6-17-43(46)49/h1-28H. The van der Waals surface area contributed by atoms with Gasteiger partial charge >= 0.3 is 0 Å². The zero-order valence-corrected chi connectivity index (χ0v) is 29.0. The van der Waals surface area contributed by atoms with Crippen LogP contribution in [0, 0.1) is 0 Å². The summed E-state index contributed by atoms with van der Waals surface area (Å²) in [6.07, 6.45) is 0. The number of anilines is 3. The third kappa shape index (κ3) is 4.54. The van der Waals surface area contributed by atoms with E-state index in [0.717, 1.165) is 28.2 Å². The summed E-state index contributed by atoms with van der Waals surface area (Å²) in [5.74, 6) is 0. The highest BCUT2D eigenvalue weighted by Crippen LogP contribution is 2.51. The Balaban J connectivity index is 0.991. The van der Waals surface area contributed by atoms with E-state index in [1.807, 2.05) is 23.1 Å². The van der Waals surface area contributed by atoms with Crippen molar-refractivity contribution in [3.05, 3.63) is 170 Å². The lowest BCUT2D eigenvalue weighted by Crippen LogP contribution is -2.14. The summed E-state index contributed by atoms with van der Waals surface area (Å²) in [7, 11) is 0. The van der Waals surface area contributed by atoms with Crippen LogP contribution < -0.4 is 4.90 Å². The molecule has 0 unspecified atom stereocenters. The molecule has 51 heavy (non-hydrogen) atoms. The molecule has 10 aromatic rings. The highest BCUT2D eigenvalue weighted by molar-refractivity contribution is 7.99. The molecule has 0 amide bonds. The first-order valence-electron chi connectivity index (χ1n) is 17.2. The molecule has 238 valence electrons. The second-order valence-electron chi connectivity index (χ2n) is 13.1. The Morgan fingerprint density at radius 3 is 1.57 bits per heavy atom. The van der Waals surface area contributed by atoms with Gasteiger partial charge in [-0.3, -0.25) is 0 Å². The van der Waals surface area contributed by atoms with Crippen molar-refractivity contribution in [2.24, 2.45) is 0 Å². The van der Waals surface area contributed by atoms with E-state index in [-0.39, 0.29) is 0 Å². The monoisotopic (exact) mass is 684 g/mol. The summed E-state index contributed by atoms with van der Waals surface area (Å²) < 4.78 is 2.61. The number of thiophene rings is 1. The molecule has 11 rings (SSSR count). The van der Waals surface area contributed by atoms with E-state index in [2.05, 4.69) is 175 Å². The van der Waals surface area contributed by atoms with E-state index >= 15 is 0 Å². The first-order valence-corrected chi connectivity index (χ1v) is 18.8. The van der Waals surface area contributed by atoms with Crippen LogP contribution in [0.2, 0.25) is 0 Å². The minimum Gasteiger partial charge on any atom is -0.308 e. The van der Waals surface area contributed by atoms with Gasteiger partial charge < -0.3 is 4.90 Å². The number of benzene rings is 8. The molecule has 0 fully saturated rings. The normalized spacial score (nSPS) is 12.6.